The molecule has 1 aliphatic rings. The molecule has 3 aromatic heterocycles. The Morgan fingerprint density at radius 3 is 2.78 bits per heavy atom. The normalized spacial score (nSPS) is 14.8. The molecule has 196 valence electrons. The fourth-order valence-corrected chi connectivity index (χ4v) is 4.33. The van der Waals surface area contributed by atoms with E-state index in [1.165, 1.54) is 0 Å². The first-order valence-electron chi connectivity index (χ1n) is 12.6. The highest BCUT2D eigenvalue weighted by Crippen LogP contribution is 2.26. The van der Waals surface area contributed by atoms with Gasteiger partial charge in [0, 0.05) is 19.7 Å². The number of nitrogens with zero attached hydrogens (tertiary/aromatic N) is 6. The average Bonchev–Trinajstić information content (AvgIpc) is 3.55. The third kappa shape index (κ3) is 5.20. The molecule has 1 saturated heterocycles. The van der Waals surface area contributed by atoms with Gasteiger partial charge in [0.05, 0.1) is 56.4 Å². The second kappa shape index (κ2) is 11.1. The van der Waals surface area contributed by atoms with Crippen LogP contribution in [0.2, 0.25) is 0 Å². The van der Waals surface area contributed by atoms with E-state index in [0.717, 1.165) is 11.2 Å². The Bertz CT molecular complexity index is 1380. The Morgan fingerprint density at radius 1 is 1.16 bits per heavy atom. The number of aromatic amines is 1. The maximum atomic E-state index is 12.4. The van der Waals surface area contributed by atoms with Gasteiger partial charge in [0.15, 0.2) is 17.0 Å². The molecule has 0 bridgehead atoms. The van der Waals surface area contributed by atoms with Crippen LogP contribution in [0.1, 0.15) is 43.0 Å². The van der Waals surface area contributed by atoms with E-state index in [1.54, 1.807) is 19.3 Å². The van der Waals surface area contributed by atoms with Gasteiger partial charge in [-0.2, -0.15) is 9.97 Å². The van der Waals surface area contributed by atoms with E-state index in [2.05, 4.69) is 32.1 Å². The van der Waals surface area contributed by atoms with Gasteiger partial charge in [0.1, 0.15) is 11.3 Å². The summed E-state index contributed by atoms with van der Waals surface area (Å²) in [6.45, 7) is 10.4. The zero-order valence-electron chi connectivity index (χ0n) is 21.4. The van der Waals surface area contributed by atoms with Gasteiger partial charge in [-0.1, -0.05) is 6.07 Å². The SMILES string of the molecule is CCOCC(C)n1cnc2c(NCc3nc4c(C(=O)OCC)cccc4[nH]3)nc(N3CCOCC3)nc21. The minimum Gasteiger partial charge on any atom is -0.462 e. The van der Waals surface area contributed by atoms with Gasteiger partial charge in [0.25, 0.3) is 0 Å². The van der Waals surface area contributed by atoms with Gasteiger partial charge in [-0.25, -0.2) is 14.8 Å². The second-order valence-electron chi connectivity index (χ2n) is 8.76. The summed E-state index contributed by atoms with van der Waals surface area (Å²) in [6, 6.07) is 5.47. The molecule has 0 spiro atoms. The number of rotatable bonds is 10. The van der Waals surface area contributed by atoms with E-state index >= 15 is 0 Å². The standard InChI is InChI=1S/C25H32N8O4/c1-4-35-14-16(3)33-15-27-21-22(30-25(31-23(21)33)32-9-11-36-12-10-32)26-13-19-28-18-8-6-7-17(20(18)29-19)24(34)37-5-2/h6-8,15-16H,4-5,9-14H2,1-3H3,(H,28,29)(H,26,30,31). The Kier molecular flexibility index (Phi) is 7.47. The van der Waals surface area contributed by atoms with Gasteiger partial charge in [-0.05, 0) is 32.9 Å². The summed E-state index contributed by atoms with van der Waals surface area (Å²) in [5.74, 6) is 1.51. The highest BCUT2D eigenvalue weighted by atomic mass is 16.5. The van der Waals surface area contributed by atoms with E-state index in [0.29, 0.717) is 86.9 Å². The fraction of sp³-hybridized carbons (Fsp3) is 0.480. The van der Waals surface area contributed by atoms with Crippen LogP contribution in [0.4, 0.5) is 11.8 Å². The molecular weight excluding hydrogens is 476 g/mol. The van der Waals surface area contributed by atoms with Crippen LogP contribution < -0.4 is 10.2 Å². The lowest BCUT2D eigenvalue weighted by Gasteiger charge is -2.27. The van der Waals surface area contributed by atoms with Crippen molar-refractivity contribution < 1.29 is 19.0 Å². The van der Waals surface area contributed by atoms with Gasteiger partial charge < -0.3 is 34.0 Å². The molecule has 1 aliphatic heterocycles. The number of esters is 1. The van der Waals surface area contributed by atoms with E-state index in [9.17, 15) is 4.79 Å². The van der Waals surface area contributed by atoms with E-state index in [-0.39, 0.29) is 6.04 Å². The maximum Gasteiger partial charge on any atom is 0.340 e. The monoisotopic (exact) mass is 508 g/mol. The van der Waals surface area contributed by atoms with Crippen LogP contribution in [-0.2, 0) is 20.8 Å². The zero-order chi connectivity index (χ0) is 25.8. The molecule has 1 atom stereocenters. The lowest BCUT2D eigenvalue weighted by Crippen LogP contribution is -2.37. The van der Waals surface area contributed by atoms with Crippen molar-refractivity contribution >= 4 is 39.9 Å². The summed E-state index contributed by atoms with van der Waals surface area (Å²) in [4.78, 5) is 36.8. The molecule has 0 radical (unpaired) electrons. The van der Waals surface area contributed by atoms with Crippen LogP contribution >= 0.6 is 0 Å². The summed E-state index contributed by atoms with van der Waals surface area (Å²) in [5.41, 5.74) is 3.18. The van der Waals surface area contributed by atoms with Crippen molar-refractivity contribution in [2.24, 2.45) is 0 Å². The van der Waals surface area contributed by atoms with Crippen molar-refractivity contribution in [1.29, 1.82) is 0 Å². The second-order valence-corrected chi connectivity index (χ2v) is 8.76. The van der Waals surface area contributed by atoms with Gasteiger partial charge in [0.2, 0.25) is 5.95 Å². The molecule has 4 aromatic rings. The van der Waals surface area contributed by atoms with E-state index in [4.69, 9.17) is 24.2 Å². The highest BCUT2D eigenvalue weighted by Gasteiger charge is 2.21. The zero-order valence-corrected chi connectivity index (χ0v) is 21.4. The molecule has 1 aromatic carbocycles. The number of para-hydroxylation sites is 1. The van der Waals surface area contributed by atoms with Crippen LogP contribution in [-0.4, -0.2) is 81.6 Å². The highest BCUT2D eigenvalue weighted by molar-refractivity contribution is 6.02. The summed E-state index contributed by atoms with van der Waals surface area (Å²) in [7, 11) is 0. The van der Waals surface area contributed by atoms with Crippen LogP contribution in [0.25, 0.3) is 22.2 Å². The topological polar surface area (TPSA) is 132 Å². The molecule has 37 heavy (non-hydrogen) atoms. The van der Waals surface area contributed by atoms with E-state index in [1.807, 2.05) is 23.6 Å². The van der Waals surface area contributed by atoms with Crippen molar-refractivity contribution in [3.63, 3.8) is 0 Å². The maximum absolute atomic E-state index is 12.4. The predicted octanol–water partition coefficient (Wildman–Crippen LogP) is 2.93. The van der Waals surface area contributed by atoms with Crippen molar-refractivity contribution in [2.45, 2.75) is 33.4 Å². The summed E-state index contributed by atoms with van der Waals surface area (Å²) < 4.78 is 18.4. The molecule has 4 heterocycles. The number of fused-ring (bicyclic) bond motifs is 2. The fourth-order valence-electron chi connectivity index (χ4n) is 4.33. The lowest BCUT2D eigenvalue weighted by atomic mass is 10.2. The minimum atomic E-state index is -0.390. The molecule has 1 unspecified atom stereocenters. The van der Waals surface area contributed by atoms with Gasteiger partial charge in [-0.15, -0.1) is 0 Å². The quantitative estimate of drug-likeness (QED) is 0.308. The largest absolute Gasteiger partial charge is 0.462 e. The third-order valence-electron chi connectivity index (χ3n) is 6.22. The number of nitrogens with one attached hydrogen (secondary N) is 2. The molecule has 0 saturated carbocycles. The summed E-state index contributed by atoms with van der Waals surface area (Å²) in [5, 5.41) is 3.39. The van der Waals surface area contributed by atoms with Crippen molar-refractivity contribution in [3.8, 4) is 0 Å². The number of carbonyl (C=O) groups is 1. The molecular formula is C25H32N8O4. The number of carbonyl (C=O) groups excluding carboxylic acids is 1. The van der Waals surface area contributed by atoms with Crippen molar-refractivity contribution in [2.75, 3.05) is 56.3 Å². The van der Waals surface area contributed by atoms with Crippen molar-refractivity contribution in [1.82, 2.24) is 29.5 Å². The van der Waals surface area contributed by atoms with Gasteiger partial charge >= 0.3 is 5.97 Å². The van der Waals surface area contributed by atoms with Crippen molar-refractivity contribution in [3.05, 3.63) is 35.9 Å². The lowest BCUT2D eigenvalue weighted by molar-refractivity contribution is 0.0528. The number of imidazole rings is 2. The smallest absolute Gasteiger partial charge is 0.340 e. The van der Waals surface area contributed by atoms with Crippen LogP contribution in [0.15, 0.2) is 24.5 Å². The summed E-state index contributed by atoms with van der Waals surface area (Å²) >= 11 is 0. The number of hydrogen-bond donors (Lipinski definition) is 2. The summed E-state index contributed by atoms with van der Waals surface area (Å²) in [6.07, 6.45) is 1.78. The Labute approximate surface area is 214 Å². The molecule has 12 heteroatoms. The number of H-pyrrole nitrogens is 1. The first-order valence-corrected chi connectivity index (χ1v) is 12.6. The van der Waals surface area contributed by atoms with Gasteiger partial charge in [-0.3, -0.25) is 0 Å². The Morgan fingerprint density at radius 2 is 2.00 bits per heavy atom. The molecule has 2 N–H and O–H groups in total. The number of benzene rings is 1. The first-order chi connectivity index (χ1) is 18.1. The first kappa shape index (κ1) is 24.9. The number of anilines is 2. The number of aromatic nitrogens is 6. The van der Waals surface area contributed by atoms with Crippen LogP contribution in [0.3, 0.4) is 0 Å². The molecule has 1 fully saturated rings. The number of ether oxygens (including phenoxy) is 3. The predicted molar refractivity (Wildman–Crippen MR) is 139 cm³/mol. The molecule has 0 aliphatic carbocycles. The molecule has 0 amide bonds. The minimum absolute atomic E-state index is 0.0573. The molecule has 5 rings (SSSR count). The number of morpholine rings is 1. The number of hydrogen-bond acceptors (Lipinski definition) is 10. The third-order valence-corrected chi connectivity index (χ3v) is 6.22. The van der Waals surface area contributed by atoms with Crippen LogP contribution in [0.5, 0.6) is 0 Å². The molecule has 12 nitrogen and oxygen atoms in total. The Balaban J connectivity index is 1.46. The average molecular weight is 509 g/mol. The van der Waals surface area contributed by atoms with E-state index < -0.39 is 5.97 Å². The van der Waals surface area contributed by atoms with Crippen LogP contribution in [0, 0.1) is 0 Å². The Hall–Kier alpha value is -3.77.